The number of halogens is 1. The van der Waals surface area contributed by atoms with E-state index in [1.807, 2.05) is 18.2 Å². The van der Waals surface area contributed by atoms with E-state index in [0.717, 1.165) is 11.1 Å². The highest BCUT2D eigenvalue weighted by Crippen LogP contribution is 2.26. The van der Waals surface area contributed by atoms with Gasteiger partial charge in [-0.3, -0.25) is 0 Å². The molecule has 0 aliphatic rings. The van der Waals surface area contributed by atoms with Crippen molar-refractivity contribution in [2.45, 2.75) is 25.8 Å². The minimum absolute atomic E-state index is 0.0555. The predicted molar refractivity (Wildman–Crippen MR) is 59.6 cm³/mol. The zero-order chi connectivity index (χ0) is 10.7. The van der Waals surface area contributed by atoms with Crippen LogP contribution in [-0.2, 0) is 0 Å². The van der Waals surface area contributed by atoms with Gasteiger partial charge in [0.05, 0.1) is 12.6 Å². The fourth-order valence-electron chi connectivity index (χ4n) is 1.49. The van der Waals surface area contributed by atoms with Crippen LogP contribution in [0.4, 0.5) is 0 Å². The molecule has 0 heterocycles. The Morgan fingerprint density at radius 1 is 1.36 bits per heavy atom. The second-order valence-corrected chi connectivity index (χ2v) is 4.15. The highest BCUT2D eigenvalue weighted by atomic mass is 35.5. The molecule has 3 heteroatoms. The second kappa shape index (κ2) is 4.78. The number of hydrogen-bond acceptors (Lipinski definition) is 2. The normalized spacial score (nSPS) is 13.3. The fraction of sp³-hybridized carbons (Fsp3) is 0.455. The molecule has 1 unspecified atom stereocenters. The predicted octanol–water partition coefficient (Wildman–Crippen LogP) is 2.46. The third kappa shape index (κ3) is 2.47. The number of nitrogens with two attached hydrogens (primary N) is 1. The van der Waals surface area contributed by atoms with Crippen LogP contribution >= 0.6 is 11.6 Å². The van der Waals surface area contributed by atoms with Gasteiger partial charge in [0, 0.05) is 5.02 Å². The van der Waals surface area contributed by atoms with E-state index in [2.05, 4.69) is 13.8 Å². The van der Waals surface area contributed by atoms with Crippen molar-refractivity contribution in [1.82, 2.24) is 0 Å². The molecule has 3 N–H and O–H groups in total. The molecular formula is C11H16ClNO. The third-order valence-electron chi connectivity index (χ3n) is 2.27. The van der Waals surface area contributed by atoms with Gasteiger partial charge in [-0.1, -0.05) is 31.5 Å². The quantitative estimate of drug-likeness (QED) is 0.810. The van der Waals surface area contributed by atoms with Crippen molar-refractivity contribution < 1.29 is 5.11 Å². The smallest absolute Gasteiger partial charge is 0.0624 e. The molecule has 0 bridgehead atoms. The lowest BCUT2D eigenvalue weighted by Gasteiger charge is -2.17. The van der Waals surface area contributed by atoms with Crippen LogP contribution in [0.5, 0.6) is 0 Å². The van der Waals surface area contributed by atoms with Gasteiger partial charge in [-0.05, 0) is 29.2 Å². The van der Waals surface area contributed by atoms with Crippen LogP contribution in [0, 0.1) is 0 Å². The lowest BCUT2D eigenvalue weighted by atomic mass is 9.93. The number of aliphatic hydroxyl groups excluding tert-OH is 1. The van der Waals surface area contributed by atoms with E-state index in [1.54, 1.807) is 0 Å². The van der Waals surface area contributed by atoms with E-state index in [1.165, 1.54) is 0 Å². The Morgan fingerprint density at radius 2 is 2.00 bits per heavy atom. The first-order valence-corrected chi connectivity index (χ1v) is 5.09. The molecule has 0 fully saturated rings. The van der Waals surface area contributed by atoms with Crippen molar-refractivity contribution in [3.8, 4) is 0 Å². The highest BCUT2D eigenvalue weighted by molar-refractivity contribution is 6.30. The molecule has 2 nitrogen and oxygen atoms in total. The van der Waals surface area contributed by atoms with E-state index in [4.69, 9.17) is 22.4 Å². The van der Waals surface area contributed by atoms with E-state index in [-0.39, 0.29) is 12.6 Å². The van der Waals surface area contributed by atoms with Gasteiger partial charge in [0.25, 0.3) is 0 Å². The largest absolute Gasteiger partial charge is 0.394 e. The first kappa shape index (κ1) is 11.5. The molecule has 0 aromatic heterocycles. The van der Waals surface area contributed by atoms with Crippen LogP contribution in [0.3, 0.4) is 0 Å². The number of rotatable bonds is 3. The Hall–Kier alpha value is -0.570. The fourth-order valence-corrected chi connectivity index (χ4v) is 1.67. The molecule has 1 rings (SSSR count). The molecule has 0 saturated carbocycles. The maximum absolute atomic E-state index is 9.02. The number of aliphatic hydroxyl groups is 1. The van der Waals surface area contributed by atoms with Crippen LogP contribution in [0.2, 0.25) is 5.02 Å². The lowest BCUT2D eigenvalue weighted by molar-refractivity contribution is 0.267. The molecule has 0 radical (unpaired) electrons. The average molecular weight is 214 g/mol. The van der Waals surface area contributed by atoms with Crippen molar-refractivity contribution in [1.29, 1.82) is 0 Å². The standard InChI is InChI=1S/C11H16ClNO/c1-7(2)9-4-3-8(12)5-10(9)11(13)6-14/h3-5,7,11,14H,6,13H2,1-2H3. The van der Waals surface area contributed by atoms with E-state index < -0.39 is 0 Å². The Kier molecular flexibility index (Phi) is 3.93. The van der Waals surface area contributed by atoms with Crippen molar-refractivity contribution >= 4 is 11.6 Å². The summed E-state index contributed by atoms with van der Waals surface area (Å²) in [5, 5.41) is 9.68. The minimum atomic E-state index is -0.342. The molecule has 1 aromatic carbocycles. The summed E-state index contributed by atoms with van der Waals surface area (Å²) in [7, 11) is 0. The summed E-state index contributed by atoms with van der Waals surface area (Å²) >= 11 is 5.89. The summed E-state index contributed by atoms with van der Waals surface area (Å²) in [6.07, 6.45) is 0. The minimum Gasteiger partial charge on any atom is -0.394 e. The zero-order valence-electron chi connectivity index (χ0n) is 8.50. The van der Waals surface area contributed by atoms with Gasteiger partial charge in [0.1, 0.15) is 0 Å². The van der Waals surface area contributed by atoms with Crippen molar-refractivity contribution in [2.75, 3.05) is 6.61 Å². The molecule has 0 aliphatic carbocycles. The highest BCUT2D eigenvalue weighted by Gasteiger charge is 2.12. The van der Waals surface area contributed by atoms with Crippen LogP contribution < -0.4 is 5.73 Å². The second-order valence-electron chi connectivity index (χ2n) is 3.72. The van der Waals surface area contributed by atoms with Gasteiger partial charge in [0.15, 0.2) is 0 Å². The Balaban J connectivity index is 3.15. The molecule has 0 spiro atoms. The van der Waals surface area contributed by atoms with E-state index in [9.17, 15) is 0 Å². The molecule has 14 heavy (non-hydrogen) atoms. The first-order valence-electron chi connectivity index (χ1n) is 4.72. The van der Waals surface area contributed by atoms with Gasteiger partial charge in [-0.2, -0.15) is 0 Å². The van der Waals surface area contributed by atoms with Crippen LogP contribution in [-0.4, -0.2) is 11.7 Å². The third-order valence-corrected chi connectivity index (χ3v) is 2.50. The Bertz CT molecular complexity index is 312. The van der Waals surface area contributed by atoms with E-state index in [0.29, 0.717) is 10.9 Å². The first-order chi connectivity index (χ1) is 6.56. The van der Waals surface area contributed by atoms with Crippen LogP contribution in [0.1, 0.15) is 36.9 Å². The number of hydrogen-bond donors (Lipinski definition) is 2. The van der Waals surface area contributed by atoms with Gasteiger partial charge >= 0.3 is 0 Å². The van der Waals surface area contributed by atoms with Gasteiger partial charge in [-0.15, -0.1) is 0 Å². The Morgan fingerprint density at radius 3 is 2.50 bits per heavy atom. The maximum Gasteiger partial charge on any atom is 0.0624 e. The topological polar surface area (TPSA) is 46.2 Å². The molecule has 78 valence electrons. The molecular weight excluding hydrogens is 198 g/mol. The summed E-state index contributed by atoms with van der Waals surface area (Å²) in [6.45, 7) is 4.13. The summed E-state index contributed by atoms with van der Waals surface area (Å²) in [5.41, 5.74) is 7.88. The monoisotopic (exact) mass is 213 g/mol. The van der Waals surface area contributed by atoms with Crippen LogP contribution in [0.15, 0.2) is 18.2 Å². The van der Waals surface area contributed by atoms with Gasteiger partial charge in [0.2, 0.25) is 0 Å². The summed E-state index contributed by atoms with van der Waals surface area (Å²) < 4.78 is 0. The lowest BCUT2D eigenvalue weighted by Crippen LogP contribution is -2.17. The molecule has 0 saturated heterocycles. The van der Waals surface area contributed by atoms with Gasteiger partial charge in [-0.25, -0.2) is 0 Å². The van der Waals surface area contributed by atoms with E-state index >= 15 is 0 Å². The van der Waals surface area contributed by atoms with Crippen LogP contribution in [0.25, 0.3) is 0 Å². The zero-order valence-corrected chi connectivity index (χ0v) is 9.25. The number of benzene rings is 1. The Labute approximate surface area is 89.7 Å². The van der Waals surface area contributed by atoms with Crippen molar-refractivity contribution in [2.24, 2.45) is 5.73 Å². The summed E-state index contributed by atoms with van der Waals surface area (Å²) in [4.78, 5) is 0. The molecule has 1 atom stereocenters. The van der Waals surface area contributed by atoms with Gasteiger partial charge < -0.3 is 10.8 Å². The molecule has 0 amide bonds. The SMILES string of the molecule is CC(C)c1ccc(Cl)cc1C(N)CO. The summed E-state index contributed by atoms with van der Waals surface area (Å²) in [5.74, 6) is 0.389. The summed E-state index contributed by atoms with van der Waals surface area (Å²) in [6, 6.07) is 5.31. The van der Waals surface area contributed by atoms with Crippen molar-refractivity contribution in [3.63, 3.8) is 0 Å². The van der Waals surface area contributed by atoms with Crippen molar-refractivity contribution in [3.05, 3.63) is 34.3 Å². The maximum atomic E-state index is 9.02. The molecule has 1 aromatic rings. The average Bonchev–Trinajstić information content (AvgIpc) is 2.16. The molecule has 0 aliphatic heterocycles.